The lowest BCUT2D eigenvalue weighted by atomic mass is 10.0. The molecule has 1 aromatic heterocycles. The number of ether oxygens (including phenoxy) is 1. The fourth-order valence-corrected chi connectivity index (χ4v) is 7.15. The van der Waals surface area contributed by atoms with Crippen molar-refractivity contribution in [2.75, 3.05) is 32.1 Å². The van der Waals surface area contributed by atoms with Crippen molar-refractivity contribution >= 4 is 46.4 Å². The van der Waals surface area contributed by atoms with E-state index in [1.165, 1.54) is 0 Å². The number of nitrogens with zero attached hydrogens (tertiary/aromatic N) is 2. The number of carbonyl (C=O) groups excluding carboxylic acids is 2. The van der Waals surface area contributed by atoms with Crippen LogP contribution in [0.2, 0.25) is 10.0 Å². The molecule has 0 saturated carbocycles. The van der Waals surface area contributed by atoms with E-state index in [0.717, 1.165) is 30.4 Å². The van der Waals surface area contributed by atoms with Gasteiger partial charge in [-0.3, -0.25) is 14.6 Å². The number of hydrogen-bond acceptors (Lipinski definition) is 7. The molecule has 2 aliphatic heterocycles. The van der Waals surface area contributed by atoms with Gasteiger partial charge in [0.25, 0.3) is 0 Å². The number of carbonyl (C=O) groups is 2. The summed E-state index contributed by atoms with van der Waals surface area (Å²) in [5.74, 6) is 0.518. The van der Waals surface area contributed by atoms with E-state index in [-0.39, 0.29) is 29.7 Å². The topological polar surface area (TPSA) is 108 Å². The number of amides is 2. The Kier molecular flexibility index (Phi) is 11.5. The Hall–Kier alpha value is -4.22. The van der Waals surface area contributed by atoms with Gasteiger partial charge in [0, 0.05) is 92.2 Å². The Balaban J connectivity index is 1.16. The molecule has 4 N–H and O–H groups in total. The van der Waals surface area contributed by atoms with E-state index in [2.05, 4.69) is 26.3 Å². The van der Waals surface area contributed by atoms with Crippen LogP contribution in [0.15, 0.2) is 66.9 Å². The van der Waals surface area contributed by atoms with Crippen LogP contribution in [0.4, 0.5) is 15.8 Å². The molecule has 0 bridgehead atoms. The van der Waals surface area contributed by atoms with Crippen LogP contribution >= 0.6 is 23.2 Å². The molecule has 6 rings (SSSR count). The third kappa shape index (κ3) is 8.21. The second-order valence-electron chi connectivity index (χ2n) is 12.7. The van der Waals surface area contributed by atoms with Crippen molar-refractivity contribution < 1.29 is 18.7 Å². The number of anilines is 2. The van der Waals surface area contributed by atoms with E-state index in [4.69, 9.17) is 27.9 Å². The normalized spacial score (nSPS) is 16.4. The van der Waals surface area contributed by atoms with E-state index in [1.807, 2.05) is 47.4 Å². The first-order valence-corrected chi connectivity index (χ1v) is 17.6. The molecule has 12 heteroatoms. The fourth-order valence-electron chi connectivity index (χ4n) is 6.55. The zero-order valence-electron chi connectivity index (χ0n) is 28.1. The van der Waals surface area contributed by atoms with Gasteiger partial charge in [-0.1, -0.05) is 59.6 Å². The Morgan fingerprint density at radius 1 is 0.980 bits per heavy atom. The van der Waals surface area contributed by atoms with Gasteiger partial charge in [-0.15, -0.1) is 0 Å². The van der Waals surface area contributed by atoms with E-state index < -0.39 is 0 Å². The lowest BCUT2D eigenvalue weighted by Crippen LogP contribution is -2.44. The Labute approximate surface area is 301 Å². The first kappa shape index (κ1) is 35.6. The average Bonchev–Trinajstić information content (AvgIpc) is 3.54. The zero-order valence-corrected chi connectivity index (χ0v) is 29.6. The molecular formula is C38H41Cl2FN6O3. The van der Waals surface area contributed by atoms with Crippen molar-refractivity contribution in [1.82, 2.24) is 25.8 Å². The standard InChI is InChI=1S/C38H41Cl2FN6O3/c1-23(48)47-17-14-27(15-18-47)44-21-26-5-3-8-32(37(26)41)46-31-7-4-6-29(35(31)39)30-13-16-43-38(36(30)40)24-9-10-25(33(19-24)50-2)20-42-22-28-11-12-34(49)45-28/h3-10,13,16,19,27-28,42,44,46H,11-12,14-15,17-18,20-22H2,1-2H3,(H,45,49)/t28-/m0/s1. The van der Waals surface area contributed by atoms with Crippen LogP contribution in [-0.2, 0) is 22.7 Å². The minimum Gasteiger partial charge on any atom is -0.496 e. The first-order valence-electron chi connectivity index (χ1n) is 16.9. The van der Waals surface area contributed by atoms with Crippen molar-refractivity contribution in [2.45, 2.75) is 57.8 Å². The molecule has 0 radical (unpaired) electrons. The quantitative estimate of drug-likeness (QED) is 0.124. The van der Waals surface area contributed by atoms with Gasteiger partial charge in [-0.2, -0.15) is 0 Å². The molecule has 3 heterocycles. The summed E-state index contributed by atoms with van der Waals surface area (Å²) in [5, 5.41) is 13.8. The Morgan fingerprint density at radius 3 is 2.48 bits per heavy atom. The number of pyridine rings is 1. The van der Waals surface area contributed by atoms with Gasteiger partial charge in [0.1, 0.15) is 5.75 Å². The van der Waals surface area contributed by atoms with Crippen LogP contribution in [0, 0.1) is 5.82 Å². The number of likely N-dealkylation sites (tertiary alicyclic amines) is 1. The molecule has 0 aliphatic carbocycles. The summed E-state index contributed by atoms with van der Waals surface area (Å²) in [6, 6.07) is 18.8. The summed E-state index contributed by atoms with van der Waals surface area (Å²) < 4.78 is 21.4. The van der Waals surface area contributed by atoms with Crippen LogP contribution in [0.25, 0.3) is 22.4 Å². The number of piperidine rings is 1. The Morgan fingerprint density at radius 2 is 1.74 bits per heavy atom. The highest BCUT2D eigenvalue weighted by Crippen LogP contribution is 2.42. The average molecular weight is 720 g/mol. The summed E-state index contributed by atoms with van der Waals surface area (Å²) >= 11 is 14.0. The molecular weight excluding hydrogens is 678 g/mol. The smallest absolute Gasteiger partial charge is 0.220 e. The highest BCUT2D eigenvalue weighted by molar-refractivity contribution is 6.39. The van der Waals surface area contributed by atoms with Crippen LogP contribution in [0.5, 0.6) is 5.75 Å². The van der Waals surface area contributed by atoms with Gasteiger partial charge in [0.2, 0.25) is 11.8 Å². The molecule has 3 aromatic carbocycles. The summed E-state index contributed by atoms with van der Waals surface area (Å²) in [6.45, 7) is 4.63. The minimum absolute atomic E-state index is 0.0896. The second kappa shape index (κ2) is 16.2. The maximum Gasteiger partial charge on any atom is 0.220 e. The van der Waals surface area contributed by atoms with Gasteiger partial charge >= 0.3 is 0 Å². The highest BCUT2D eigenvalue weighted by Gasteiger charge is 2.22. The van der Waals surface area contributed by atoms with Crippen LogP contribution < -0.4 is 26.0 Å². The number of benzene rings is 3. The molecule has 4 aromatic rings. The molecule has 0 spiro atoms. The highest BCUT2D eigenvalue weighted by atomic mass is 35.5. The van der Waals surface area contributed by atoms with Crippen LogP contribution in [0.1, 0.15) is 43.7 Å². The molecule has 2 saturated heterocycles. The monoisotopic (exact) mass is 718 g/mol. The molecule has 262 valence electrons. The molecule has 2 aliphatic rings. The van der Waals surface area contributed by atoms with E-state index >= 15 is 4.39 Å². The van der Waals surface area contributed by atoms with Crippen LogP contribution in [0.3, 0.4) is 0 Å². The van der Waals surface area contributed by atoms with Gasteiger partial charge in [0.15, 0.2) is 5.82 Å². The third-order valence-corrected chi connectivity index (χ3v) is 10.2. The second-order valence-corrected chi connectivity index (χ2v) is 13.5. The lowest BCUT2D eigenvalue weighted by Gasteiger charge is -2.31. The lowest BCUT2D eigenvalue weighted by molar-refractivity contribution is -0.130. The summed E-state index contributed by atoms with van der Waals surface area (Å²) in [6.07, 6.45) is 4.75. The summed E-state index contributed by atoms with van der Waals surface area (Å²) in [7, 11) is 1.62. The van der Waals surface area contributed by atoms with Crippen molar-refractivity contribution in [3.63, 3.8) is 0 Å². The molecule has 9 nitrogen and oxygen atoms in total. The fraction of sp³-hybridized carbons (Fsp3) is 0.342. The number of methoxy groups -OCH3 is 1. The number of nitrogens with one attached hydrogen (secondary N) is 4. The molecule has 50 heavy (non-hydrogen) atoms. The number of rotatable bonds is 12. The van der Waals surface area contributed by atoms with E-state index in [9.17, 15) is 9.59 Å². The van der Waals surface area contributed by atoms with Crippen LogP contribution in [-0.4, -0.2) is 60.5 Å². The van der Waals surface area contributed by atoms with Gasteiger partial charge < -0.3 is 30.9 Å². The van der Waals surface area contributed by atoms with E-state index in [0.29, 0.717) is 88.7 Å². The van der Waals surface area contributed by atoms with Crippen molar-refractivity contribution in [1.29, 1.82) is 0 Å². The van der Waals surface area contributed by atoms with E-state index in [1.54, 1.807) is 38.4 Å². The predicted octanol–water partition coefficient (Wildman–Crippen LogP) is 7.08. The molecule has 1 atom stereocenters. The maximum absolute atomic E-state index is 15.7. The molecule has 0 unspecified atom stereocenters. The molecule has 2 amide bonds. The first-order chi connectivity index (χ1) is 24.2. The number of hydrogen-bond donors (Lipinski definition) is 4. The maximum atomic E-state index is 15.7. The largest absolute Gasteiger partial charge is 0.496 e. The van der Waals surface area contributed by atoms with Crippen molar-refractivity contribution in [3.8, 4) is 28.1 Å². The number of aromatic nitrogens is 1. The van der Waals surface area contributed by atoms with Gasteiger partial charge in [-0.05, 0) is 43.5 Å². The SMILES string of the molecule is COc1cc(-c2nccc(-c3cccc(Nc4cccc(CNC5CCN(C(C)=O)CC5)c4F)c3Cl)c2Cl)ccc1CNC[C@@H]1CCC(=O)N1. The summed E-state index contributed by atoms with van der Waals surface area (Å²) in [4.78, 5) is 29.6. The predicted molar refractivity (Wildman–Crippen MR) is 196 cm³/mol. The molecule has 2 fully saturated rings. The van der Waals surface area contributed by atoms with Crippen molar-refractivity contribution in [2.24, 2.45) is 0 Å². The van der Waals surface area contributed by atoms with Crippen molar-refractivity contribution in [3.05, 3.63) is 93.8 Å². The number of halogens is 3. The zero-order chi connectivity index (χ0) is 35.2. The Bertz CT molecular complexity index is 1870. The summed E-state index contributed by atoms with van der Waals surface area (Å²) in [5.41, 5.74) is 5.07. The minimum atomic E-state index is -0.357. The van der Waals surface area contributed by atoms with Gasteiger partial charge in [0.05, 0.1) is 34.2 Å². The van der Waals surface area contributed by atoms with Gasteiger partial charge in [-0.25, -0.2) is 4.39 Å². The third-order valence-electron chi connectivity index (χ3n) is 9.40.